The molecule has 0 aliphatic carbocycles. The minimum absolute atomic E-state index is 0.00511. The van der Waals surface area contributed by atoms with Crippen LogP contribution in [0.15, 0.2) is 24.3 Å². The first-order chi connectivity index (χ1) is 13.0. The number of benzene rings is 1. The fourth-order valence-electron chi connectivity index (χ4n) is 2.85. The molecular formula is C18H26N4O4S. The lowest BCUT2D eigenvalue weighted by molar-refractivity contribution is -0.126. The van der Waals surface area contributed by atoms with Crippen LogP contribution >= 0.6 is 12.2 Å². The Morgan fingerprint density at radius 3 is 2.81 bits per heavy atom. The standard InChI is InChI=1S/C18H26N4O4S/c1-4-26-15-8-6-5-7-14(15)22-10-13(9-16(22)23)17(24)20-21-18(27)19-12(2)11-25-3/h5-8,12-13H,4,9-11H2,1-3H3,(H,20,24)(H2,19,21,27)/t12-,13-/m1/s1. The highest BCUT2D eigenvalue weighted by Crippen LogP contribution is 2.32. The molecule has 148 valence electrons. The molecule has 1 aliphatic heterocycles. The molecule has 0 aromatic heterocycles. The summed E-state index contributed by atoms with van der Waals surface area (Å²) < 4.78 is 10.6. The lowest BCUT2D eigenvalue weighted by Gasteiger charge is -2.20. The van der Waals surface area contributed by atoms with Crippen LogP contribution in [-0.4, -0.2) is 49.8 Å². The van der Waals surface area contributed by atoms with Gasteiger partial charge >= 0.3 is 0 Å². The van der Waals surface area contributed by atoms with Crippen LogP contribution in [0.5, 0.6) is 5.75 Å². The average Bonchev–Trinajstić information content (AvgIpc) is 3.02. The number of hydrogen-bond donors (Lipinski definition) is 3. The van der Waals surface area contributed by atoms with Crippen molar-refractivity contribution in [3.8, 4) is 5.75 Å². The normalized spacial score (nSPS) is 17.4. The Balaban J connectivity index is 1.91. The van der Waals surface area contributed by atoms with Crippen molar-refractivity contribution in [2.45, 2.75) is 26.3 Å². The summed E-state index contributed by atoms with van der Waals surface area (Å²) in [5.74, 6) is -0.246. The zero-order valence-electron chi connectivity index (χ0n) is 15.8. The van der Waals surface area contributed by atoms with Crippen LogP contribution in [0.25, 0.3) is 0 Å². The Bertz CT molecular complexity index is 685. The van der Waals surface area contributed by atoms with Gasteiger partial charge in [-0.2, -0.15) is 0 Å². The maximum Gasteiger partial charge on any atom is 0.243 e. The van der Waals surface area contributed by atoms with Crippen molar-refractivity contribution in [1.82, 2.24) is 16.2 Å². The molecule has 0 saturated carbocycles. The maximum absolute atomic E-state index is 12.4. The fraction of sp³-hybridized carbons (Fsp3) is 0.500. The minimum atomic E-state index is -0.473. The van der Waals surface area contributed by atoms with Gasteiger partial charge in [0.2, 0.25) is 11.8 Å². The zero-order valence-corrected chi connectivity index (χ0v) is 16.6. The maximum atomic E-state index is 12.4. The van der Waals surface area contributed by atoms with Crippen molar-refractivity contribution in [2.24, 2.45) is 5.92 Å². The molecule has 0 spiro atoms. The molecule has 2 amide bonds. The van der Waals surface area contributed by atoms with Crippen LogP contribution < -0.4 is 25.8 Å². The minimum Gasteiger partial charge on any atom is -0.492 e. The summed E-state index contributed by atoms with van der Waals surface area (Å²) in [5, 5.41) is 3.27. The molecule has 3 N–H and O–H groups in total. The Labute approximate surface area is 164 Å². The van der Waals surface area contributed by atoms with Crippen LogP contribution in [0.2, 0.25) is 0 Å². The summed E-state index contributed by atoms with van der Waals surface area (Å²) in [7, 11) is 1.60. The van der Waals surface area contributed by atoms with E-state index in [0.717, 1.165) is 0 Å². The van der Waals surface area contributed by atoms with E-state index >= 15 is 0 Å². The Hall–Kier alpha value is -2.39. The summed E-state index contributed by atoms with van der Waals surface area (Å²) in [5.41, 5.74) is 5.90. The van der Waals surface area contributed by atoms with Crippen LogP contribution in [-0.2, 0) is 14.3 Å². The van der Waals surface area contributed by atoms with Gasteiger partial charge in [-0.05, 0) is 38.2 Å². The van der Waals surface area contributed by atoms with Crippen molar-refractivity contribution >= 4 is 34.8 Å². The zero-order chi connectivity index (χ0) is 19.8. The van der Waals surface area contributed by atoms with Crippen LogP contribution in [0.4, 0.5) is 5.69 Å². The molecule has 27 heavy (non-hydrogen) atoms. The number of carbonyl (C=O) groups is 2. The molecule has 2 rings (SSSR count). The monoisotopic (exact) mass is 394 g/mol. The highest BCUT2D eigenvalue weighted by molar-refractivity contribution is 7.80. The third kappa shape index (κ3) is 5.80. The number of hydrazine groups is 1. The number of hydrogen-bond acceptors (Lipinski definition) is 5. The summed E-state index contributed by atoms with van der Waals surface area (Å²) in [6.45, 7) is 5.06. The summed E-state index contributed by atoms with van der Waals surface area (Å²) in [4.78, 5) is 26.4. The molecule has 9 heteroatoms. The van der Waals surface area contributed by atoms with Crippen LogP contribution in [0, 0.1) is 5.92 Å². The van der Waals surface area contributed by atoms with Gasteiger partial charge in [0.25, 0.3) is 0 Å². The molecule has 1 saturated heterocycles. The van der Waals surface area contributed by atoms with Gasteiger partial charge < -0.3 is 19.7 Å². The highest BCUT2D eigenvalue weighted by Gasteiger charge is 2.36. The molecule has 1 aromatic rings. The van der Waals surface area contributed by atoms with Gasteiger partial charge in [0.1, 0.15) is 5.75 Å². The summed E-state index contributed by atoms with van der Waals surface area (Å²) in [6, 6.07) is 7.32. The second kappa shape index (κ2) is 10.1. The summed E-state index contributed by atoms with van der Waals surface area (Å²) in [6.07, 6.45) is 0.133. The number of nitrogens with zero attached hydrogens (tertiary/aromatic N) is 1. The van der Waals surface area contributed by atoms with E-state index in [0.29, 0.717) is 24.7 Å². The molecule has 0 bridgehead atoms. The van der Waals surface area contributed by atoms with Gasteiger partial charge in [-0.1, -0.05) is 12.1 Å². The predicted octanol–water partition coefficient (Wildman–Crippen LogP) is 0.968. The number of anilines is 1. The Kier molecular flexibility index (Phi) is 7.81. The molecule has 8 nitrogen and oxygen atoms in total. The van der Waals surface area contributed by atoms with E-state index in [1.165, 1.54) is 0 Å². The number of rotatable bonds is 7. The Morgan fingerprint density at radius 1 is 1.37 bits per heavy atom. The second-order valence-corrected chi connectivity index (χ2v) is 6.66. The van der Waals surface area contributed by atoms with Gasteiger partial charge in [-0.15, -0.1) is 0 Å². The lowest BCUT2D eigenvalue weighted by atomic mass is 10.1. The molecular weight excluding hydrogens is 368 g/mol. The van der Waals surface area contributed by atoms with Crippen LogP contribution in [0.1, 0.15) is 20.3 Å². The van der Waals surface area contributed by atoms with E-state index in [9.17, 15) is 9.59 Å². The van der Waals surface area contributed by atoms with E-state index in [4.69, 9.17) is 21.7 Å². The second-order valence-electron chi connectivity index (χ2n) is 6.25. The molecule has 1 aliphatic rings. The number of amides is 2. The third-order valence-corrected chi connectivity index (χ3v) is 4.27. The van der Waals surface area contributed by atoms with Crippen molar-refractivity contribution in [3.63, 3.8) is 0 Å². The van der Waals surface area contributed by atoms with Gasteiger partial charge in [-0.25, -0.2) is 0 Å². The molecule has 0 radical (unpaired) electrons. The predicted molar refractivity (Wildman–Crippen MR) is 106 cm³/mol. The first-order valence-corrected chi connectivity index (χ1v) is 9.24. The van der Waals surface area contributed by atoms with E-state index in [1.54, 1.807) is 12.0 Å². The van der Waals surface area contributed by atoms with E-state index in [1.807, 2.05) is 38.1 Å². The smallest absolute Gasteiger partial charge is 0.243 e. The van der Waals surface area contributed by atoms with Crippen molar-refractivity contribution in [1.29, 1.82) is 0 Å². The molecule has 1 fully saturated rings. The number of methoxy groups -OCH3 is 1. The number of thiocarbonyl (C=S) groups is 1. The van der Waals surface area contributed by atoms with Crippen molar-refractivity contribution < 1.29 is 19.1 Å². The van der Waals surface area contributed by atoms with Gasteiger partial charge in [0, 0.05) is 26.1 Å². The largest absolute Gasteiger partial charge is 0.492 e. The quantitative estimate of drug-likeness (QED) is 0.469. The fourth-order valence-corrected chi connectivity index (χ4v) is 3.10. The van der Waals surface area contributed by atoms with Crippen LogP contribution in [0.3, 0.4) is 0 Å². The number of carbonyl (C=O) groups excluding carboxylic acids is 2. The van der Waals surface area contributed by atoms with E-state index in [2.05, 4.69) is 16.2 Å². The molecule has 1 heterocycles. The SMILES string of the molecule is CCOc1ccccc1N1C[C@H](C(=O)NNC(=S)N[C@H](C)COC)CC1=O. The Morgan fingerprint density at radius 2 is 2.11 bits per heavy atom. The van der Waals surface area contributed by atoms with E-state index in [-0.39, 0.29) is 35.9 Å². The number of nitrogens with one attached hydrogen (secondary N) is 3. The molecule has 2 atom stereocenters. The summed E-state index contributed by atoms with van der Waals surface area (Å²) >= 11 is 5.12. The van der Waals surface area contributed by atoms with Crippen molar-refractivity contribution in [2.75, 3.05) is 31.8 Å². The van der Waals surface area contributed by atoms with Gasteiger partial charge in [-0.3, -0.25) is 20.4 Å². The number of ether oxygens (including phenoxy) is 2. The first-order valence-electron chi connectivity index (χ1n) is 8.83. The number of para-hydroxylation sites is 2. The van der Waals surface area contributed by atoms with Gasteiger partial charge in [0.15, 0.2) is 5.11 Å². The van der Waals surface area contributed by atoms with E-state index < -0.39 is 5.92 Å². The van der Waals surface area contributed by atoms with Gasteiger partial charge in [0.05, 0.1) is 24.8 Å². The third-order valence-electron chi connectivity index (χ3n) is 4.05. The molecule has 1 aromatic carbocycles. The molecule has 0 unspecified atom stereocenters. The lowest BCUT2D eigenvalue weighted by Crippen LogP contribution is -2.51. The highest BCUT2D eigenvalue weighted by atomic mass is 32.1. The topological polar surface area (TPSA) is 91.9 Å². The van der Waals surface area contributed by atoms with Crippen molar-refractivity contribution in [3.05, 3.63) is 24.3 Å². The first kappa shape index (κ1) is 20.9. The average molecular weight is 394 g/mol.